The van der Waals surface area contributed by atoms with Crippen LogP contribution in [0.25, 0.3) is 0 Å². The van der Waals surface area contributed by atoms with Crippen molar-refractivity contribution in [1.29, 1.82) is 0 Å². The van der Waals surface area contributed by atoms with E-state index < -0.39 is 0 Å². The molecule has 1 aliphatic heterocycles. The van der Waals surface area contributed by atoms with Crippen LogP contribution >= 0.6 is 0 Å². The number of aromatic nitrogens is 2. The molecule has 8 nitrogen and oxygen atoms in total. The summed E-state index contributed by atoms with van der Waals surface area (Å²) in [6.07, 6.45) is 0.756. The Morgan fingerprint density at radius 3 is 2.59 bits per heavy atom. The highest BCUT2D eigenvalue weighted by molar-refractivity contribution is 5.96. The van der Waals surface area contributed by atoms with Crippen LogP contribution in [0.15, 0.2) is 53.3 Å². The summed E-state index contributed by atoms with van der Waals surface area (Å²) in [5, 5.41) is 9.15. The smallest absolute Gasteiger partial charge is 0.267 e. The Hall–Kier alpha value is -3.85. The number of aryl methyl sites for hydroxylation is 2. The van der Waals surface area contributed by atoms with E-state index in [4.69, 9.17) is 4.74 Å². The van der Waals surface area contributed by atoms with Crippen molar-refractivity contribution < 1.29 is 18.7 Å². The van der Waals surface area contributed by atoms with E-state index in [1.165, 1.54) is 12.1 Å². The van der Waals surface area contributed by atoms with Gasteiger partial charge in [0.05, 0.1) is 30.4 Å². The molecule has 206 valence electrons. The van der Waals surface area contributed by atoms with Crippen molar-refractivity contribution in [3.8, 4) is 0 Å². The largest absolute Gasteiger partial charge is 0.379 e. The molecule has 1 aliphatic rings. The van der Waals surface area contributed by atoms with Crippen LogP contribution in [-0.4, -0.2) is 52.7 Å². The summed E-state index contributed by atoms with van der Waals surface area (Å²) in [5.41, 5.74) is 3.97. The summed E-state index contributed by atoms with van der Waals surface area (Å²) in [4.78, 5) is 40.4. The number of hydrogen-bond acceptors (Lipinski definition) is 5. The number of carbonyl (C=O) groups excluding carboxylic acids is 2. The molecule has 2 N–H and O–H groups in total. The third-order valence-electron chi connectivity index (χ3n) is 7.40. The highest BCUT2D eigenvalue weighted by atomic mass is 19.1. The maximum atomic E-state index is 14.0. The van der Waals surface area contributed by atoms with Gasteiger partial charge >= 0.3 is 0 Å². The van der Waals surface area contributed by atoms with Crippen LogP contribution in [0.5, 0.6) is 0 Å². The van der Waals surface area contributed by atoms with Gasteiger partial charge in [0.15, 0.2) is 0 Å². The first-order chi connectivity index (χ1) is 18.6. The second-order valence-electron chi connectivity index (χ2n) is 10.5. The number of H-pyrrole nitrogens is 1. The Labute approximate surface area is 227 Å². The molecule has 3 atom stereocenters. The van der Waals surface area contributed by atoms with Gasteiger partial charge in [-0.05, 0) is 66.8 Å². The van der Waals surface area contributed by atoms with Crippen molar-refractivity contribution in [2.24, 2.45) is 5.92 Å². The lowest BCUT2D eigenvalue weighted by molar-refractivity contribution is -0.135. The standard InChI is InChI=1S/C30H35FN4O4/c1-17(2)28-26(39-5)15-25(21-7-6-8-24(31)14-21)35(28)27(36)16-32-29(37)22-10-9-20(18(3)11-22)13-23-12-19(4)33-34-30(23)38/h6-12,14,17,25-26,28H,13,15-16H2,1-5H3,(H,32,37)(H,34,38)/t25-,26+,28?/m0/s1. The number of aromatic amines is 1. The van der Waals surface area contributed by atoms with E-state index in [9.17, 15) is 18.8 Å². The Morgan fingerprint density at radius 1 is 1.15 bits per heavy atom. The molecule has 0 aliphatic carbocycles. The zero-order chi connectivity index (χ0) is 28.3. The fourth-order valence-corrected chi connectivity index (χ4v) is 5.48. The molecule has 3 aromatic rings. The minimum absolute atomic E-state index is 0.0970. The van der Waals surface area contributed by atoms with Gasteiger partial charge < -0.3 is 15.0 Å². The van der Waals surface area contributed by atoms with Crippen molar-refractivity contribution >= 4 is 11.8 Å². The second-order valence-corrected chi connectivity index (χ2v) is 10.5. The lowest BCUT2D eigenvalue weighted by Crippen LogP contribution is -2.48. The monoisotopic (exact) mass is 534 g/mol. The lowest BCUT2D eigenvalue weighted by atomic mass is 9.98. The zero-order valence-corrected chi connectivity index (χ0v) is 23.0. The molecule has 1 aromatic heterocycles. The van der Waals surface area contributed by atoms with Gasteiger partial charge in [-0.25, -0.2) is 9.49 Å². The SMILES string of the molecule is CO[C@@H]1C[C@@H](c2cccc(F)c2)N(C(=O)CNC(=O)c2ccc(Cc3cc(C)n[nH]c3=O)c(C)c2)C1C(C)C. The van der Waals surface area contributed by atoms with Crippen molar-refractivity contribution in [2.75, 3.05) is 13.7 Å². The quantitative estimate of drug-likeness (QED) is 0.457. The molecule has 9 heteroatoms. The van der Waals surface area contributed by atoms with E-state index in [-0.39, 0.29) is 53.8 Å². The number of carbonyl (C=O) groups is 2. The summed E-state index contributed by atoms with van der Waals surface area (Å²) >= 11 is 0. The van der Waals surface area contributed by atoms with Gasteiger partial charge in [-0.15, -0.1) is 0 Å². The van der Waals surface area contributed by atoms with E-state index in [0.717, 1.165) is 16.8 Å². The van der Waals surface area contributed by atoms with Gasteiger partial charge in [0, 0.05) is 31.1 Å². The van der Waals surface area contributed by atoms with E-state index in [1.807, 2.05) is 39.8 Å². The van der Waals surface area contributed by atoms with E-state index in [1.54, 1.807) is 36.3 Å². The lowest BCUT2D eigenvalue weighted by Gasteiger charge is -2.34. The molecule has 0 bridgehead atoms. The molecule has 1 fully saturated rings. The normalized spacial score (nSPS) is 18.9. The molecule has 1 unspecified atom stereocenters. The number of nitrogens with one attached hydrogen (secondary N) is 2. The predicted octanol–water partition coefficient (Wildman–Crippen LogP) is 3.86. The Morgan fingerprint density at radius 2 is 1.92 bits per heavy atom. The van der Waals surface area contributed by atoms with E-state index in [0.29, 0.717) is 29.5 Å². The average molecular weight is 535 g/mol. The summed E-state index contributed by atoms with van der Waals surface area (Å²) in [6.45, 7) is 7.54. The zero-order valence-electron chi connectivity index (χ0n) is 23.0. The Kier molecular flexibility index (Phi) is 8.60. The number of hydrogen-bond donors (Lipinski definition) is 2. The van der Waals surface area contributed by atoms with Crippen LogP contribution in [-0.2, 0) is 16.0 Å². The van der Waals surface area contributed by atoms with Crippen molar-refractivity contribution in [3.63, 3.8) is 0 Å². The average Bonchev–Trinajstić information content (AvgIpc) is 3.30. The number of benzene rings is 2. The molecule has 4 rings (SSSR count). The number of likely N-dealkylation sites (tertiary alicyclic amines) is 1. The van der Waals surface area contributed by atoms with Crippen LogP contribution in [0.2, 0.25) is 0 Å². The molecule has 2 aromatic carbocycles. The molecular formula is C30H35FN4O4. The Balaban J connectivity index is 1.48. The molecule has 39 heavy (non-hydrogen) atoms. The maximum Gasteiger partial charge on any atom is 0.267 e. The maximum absolute atomic E-state index is 14.0. The molecule has 2 heterocycles. The number of amides is 2. The molecule has 2 amide bonds. The highest BCUT2D eigenvalue weighted by Gasteiger charge is 2.45. The van der Waals surface area contributed by atoms with Gasteiger partial charge in [-0.2, -0.15) is 5.10 Å². The van der Waals surface area contributed by atoms with Gasteiger partial charge in [0.2, 0.25) is 5.91 Å². The summed E-state index contributed by atoms with van der Waals surface area (Å²) < 4.78 is 19.8. The minimum atomic E-state index is -0.374. The fraction of sp³-hybridized carbons (Fsp3) is 0.400. The number of ether oxygens (including phenoxy) is 1. The first kappa shape index (κ1) is 28.2. The van der Waals surface area contributed by atoms with Crippen LogP contribution in [0.1, 0.15) is 64.6 Å². The summed E-state index contributed by atoms with van der Waals surface area (Å²) in [7, 11) is 1.62. The summed E-state index contributed by atoms with van der Waals surface area (Å²) in [5.74, 6) is -0.893. The highest BCUT2D eigenvalue weighted by Crippen LogP contribution is 2.40. The van der Waals surface area contributed by atoms with Crippen LogP contribution in [0.3, 0.4) is 0 Å². The molecule has 0 saturated carbocycles. The third-order valence-corrected chi connectivity index (χ3v) is 7.40. The molecule has 1 saturated heterocycles. The summed E-state index contributed by atoms with van der Waals surface area (Å²) in [6, 6.07) is 12.7. The van der Waals surface area contributed by atoms with E-state index in [2.05, 4.69) is 15.5 Å². The van der Waals surface area contributed by atoms with Crippen molar-refractivity contribution in [1.82, 2.24) is 20.4 Å². The Bertz CT molecular complexity index is 1420. The molecule has 0 radical (unpaired) electrons. The van der Waals surface area contributed by atoms with Crippen LogP contribution in [0.4, 0.5) is 4.39 Å². The van der Waals surface area contributed by atoms with Gasteiger partial charge in [-0.1, -0.05) is 32.0 Å². The number of nitrogens with zero attached hydrogens (tertiary/aromatic N) is 2. The third kappa shape index (κ3) is 6.25. The fourth-order valence-electron chi connectivity index (χ4n) is 5.48. The predicted molar refractivity (Wildman–Crippen MR) is 146 cm³/mol. The first-order valence-electron chi connectivity index (χ1n) is 13.1. The van der Waals surface area contributed by atoms with Crippen molar-refractivity contribution in [2.45, 2.75) is 58.7 Å². The van der Waals surface area contributed by atoms with Crippen LogP contribution < -0.4 is 10.9 Å². The van der Waals surface area contributed by atoms with Crippen LogP contribution in [0, 0.1) is 25.6 Å². The van der Waals surface area contributed by atoms with Gasteiger partial charge in [0.25, 0.3) is 11.5 Å². The molecule has 0 spiro atoms. The van der Waals surface area contributed by atoms with E-state index >= 15 is 0 Å². The van der Waals surface area contributed by atoms with Gasteiger partial charge in [-0.3, -0.25) is 14.4 Å². The first-order valence-corrected chi connectivity index (χ1v) is 13.1. The topological polar surface area (TPSA) is 104 Å². The number of methoxy groups -OCH3 is 1. The van der Waals surface area contributed by atoms with Crippen molar-refractivity contribution in [3.05, 3.63) is 98.2 Å². The van der Waals surface area contributed by atoms with Gasteiger partial charge in [0.1, 0.15) is 5.82 Å². The second kappa shape index (κ2) is 11.9. The minimum Gasteiger partial charge on any atom is -0.379 e. The molecular weight excluding hydrogens is 499 g/mol. The number of halogens is 1. The number of rotatable bonds is 8.